The Morgan fingerprint density at radius 2 is 1.67 bits per heavy atom. The van der Waals surface area contributed by atoms with Crippen LogP contribution in [0.4, 0.5) is 0 Å². The topological polar surface area (TPSA) is 40.6 Å². The molecule has 24 heavy (non-hydrogen) atoms. The summed E-state index contributed by atoms with van der Waals surface area (Å²) in [6.45, 7) is 0.201. The highest BCUT2D eigenvalue weighted by molar-refractivity contribution is 6.47. The lowest BCUT2D eigenvalue weighted by atomic mass is 9.94. The van der Waals surface area contributed by atoms with Crippen molar-refractivity contribution in [2.45, 2.75) is 44.7 Å². The molecular weight excluding hydrogens is 347 g/mol. The molecule has 0 unspecified atom stereocenters. The Bertz CT molecular complexity index is 679. The van der Waals surface area contributed by atoms with E-state index in [1.165, 1.54) is 11.3 Å². The molecule has 0 radical (unpaired) electrons. The van der Waals surface area contributed by atoms with Gasteiger partial charge in [0.15, 0.2) is 0 Å². The average molecular weight is 367 g/mol. The Labute approximate surface area is 152 Å². The molecule has 2 amide bonds. The molecule has 1 fully saturated rings. The third kappa shape index (κ3) is 3.31. The normalized spacial score (nSPS) is 19.4. The van der Waals surface area contributed by atoms with Crippen molar-refractivity contribution < 1.29 is 9.59 Å². The molecule has 1 heterocycles. The molecule has 0 bridgehead atoms. The molecule has 0 aromatic heterocycles. The lowest BCUT2D eigenvalue weighted by molar-refractivity contribution is -0.138. The Hall–Kier alpha value is -1.52. The molecule has 4 nitrogen and oxygen atoms in total. The van der Waals surface area contributed by atoms with Crippen molar-refractivity contribution in [1.29, 1.82) is 0 Å². The van der Waals surface area contributed by atoms with Gasteiger partial charge in [-0.3, -0.25) is 14.5 Å². The van der Waals surface area contributed by atoms with E-state index in [1.54, 1.807) is 24.3 Å². The highest BCUT2D eigenvalue weighted by atomic mass is 35.5. The van der Waals surface area contributed by atoms with Crippen LogP contribution in [0.1, 0.15) is 37.7 Å². The molecule has 1 aliphatic carbocycles. The largest absolute Gasteiger partial charge is 0.366 e. The van der Waals surface area contributed by atoms with Crippen molar-refractivity contribution in [2.75, 3.05) is 7.05 Å². The van der Waals surface area contributed by atoms with E-state index in [0.717, 1.165) is 31.2 Å². The van der Waals surface area contributed by atoms with Crippen LogP contribution in [0.15, 0.2) is 35.0 Å². The predicted molar refractivity (Wildman–Crippen MR) is 94.5 cm³/mol. The fourth-order valence-electron chi connectivity index (χ4n) is 3.41. The molecule has 3 rings (SSSR count). The number of likely N-dealkylation sites (N-methyl/N-ethyl adjacent to an activating group) is 1. The molecule has 1 aromatic carbocycles. The van der Waals surface area contributed by atoms with Crippen LogP contribution in [0.2, 0.25) is 5.02 Å². The van der Waals surface area contributed by atoms with Gasteiger partial charge in [0.25, 0.3) is 11.8 Å². The standard InChI is InChI=1S/C18H20Cl2N2O2/c1-21(14-5-3-2-4-6-14)16-15(20)17(23)22(18(16)24)11-12-7-9-13(19)10-8-12/h7-10,14H,2-6,11H2,1H3. The molecule has 2 aliphatic rings. The van der Waals surface area contributed by atoms with Crippen LogP contribution in [0.5, 0.6) is 0 Å². The Morgan fingerprint density at radius 1 is 1.04 bits per heavy atom. The van der Waals surface area contributed by atoms with Gasteiger partial charge in [0.1, 0.15) is 10.7 Å². The number of nitrogens with zero attached hydrogens (tertiary/aromatic N) is 2. The Balaban J connectivity index is 1.77. The van der Waals surface area contributed by atoms with Crippen LogP contribution in [-0.4, -0.2) is 34.7 Å². The first-order valence-electron chi connectivity index (χ1n) is 8.22. The summed E-state index contributed by atoms with van der Waals surface area (Å²) >= 11 is 12.1. The van der Waals surface area contributed by atoms with Gasteiger partial charge in [0.05, 0.1) is 6.54 Å². The predicted octanol–water partition coefficient (Wildman–Crippen LogP) is 3.92. The van der Waals surface area contributed by atoms with Gasteiger partial charge in [-0.25, -0.2) is 0 Å². The molecular formula is C18H20Cl2N2O2. The number of rotatable bonds is 4. The van der Waals surface area contributed by atoms with Crippen LogP contribution in [-0.2, 0) is 16.1 Å². The summed E-state index contributed by atoms with van der Waals surface area (Å²) in [7, 11) is 1.87. The fourth-order valence-corrected chi connectivity index (χ4v) is 3.85. The van der Waals surface area contributed by atoms with Gasteiger partial charge < -0.3 is 4.90 Å². The van der Waals surface area contributed by atoms with Crippen molar-refractivity contribution in [2.24, 2.45) is 0 Å². The molecule has 0 saturated heterocycles. The monoisotopic (exact) mass is 366 g/mol. The number of hydrogen-bond donors (Lipinski definition) is 0. The van der Waals surface area contributed by atoms with E-state index < -0.39 is 5.91 Å². The summed E-state index contributed by atoms with van der Waals surface area (Å²) in [6.07, 6.45) is 5.59. The second kappa shape index (κ2) is 7.16. The number of amides is 2. The SMILES string of the molecule is CN(C1=C(Cl)C(=O)N(Cc2ccc(Cl)cc2)C1=O)C1CCCCC1. The first kappa shape index (κ1) is 17.3. The minimum atomic E-state index is -0.422. The van der Waals surface area contributed by atoms with E-state index in [4.69, 9.17) is 23.2 Å². The second-order valence-corrected chi connectivity index (χ2v) is 7.20. The quantitative estimate of drug-likeness (QED) is 0.758. The summed E-state index contributed by atoms with van der Waals surface area (Å²) in [6, 6.07) is 7.37. The summed E-state index contributed by atoms with van der Waals surface area (Å²) in [5.41, 5.74) is 1.18. The number of benzene rings is 1. The van der Waals surface area contributed by atoms with Gasteiger partial charge >= 0.3 is 0 Å². The van der Waals surface area contributed by atoms with Crippen molar-refractivity contribution in [3.05, 3.63) is 45.6 Å². The van der Waals surface area contributed by atoms with Crippen molar-refractivity contribution in [3.63, 3.8) is 0 Å². The molecule has 1 aromatic rings. The molecule has 1 aliphatic heterocycles. The van der Waals surface area contributed by atoms with E-state index in [0.29, 0.717) is 10.7 Å². The molecule has 0 spiro atoms. The minimum absolute atomic E-state index is 0.0297. The zero-order valence-electron chi connectivity index (χ0n) is 13.6. The first-order chi connectivity index (χ1) is 11.5. The second-order valence-electron chi connectivity index (χ2n) is 6.39. The maximum Gasteiger partial charge on any atom is 0.279 e. The lowest BCUT2D eigenvalue weighted by Crippen LogP contribution is -2.38. The van der Waals surface area contributed by atoms with E-state index in [1.807, 2.05) is 11.9 Å². The van der Waals surface area contributed by atoms with Gasteiger partial charge in [-0.05, 0) is 30.5 Å². The van der Waals surface area contributed by atoms with E-state index in [9.17, 15) is 9.59 Å². The molecule has 1 saturated carbocycles. The highest BCUT2D eigenvalue weighted by Gasteiger charge is 2.41. The number of halogens is 2. The molecule has 128 valence electrons. The lowest BCUT2D eigenvalue weighted by Gasteiger charge is -2.33. The summed E-state index contributed by atoms with van der Waals surface area (Å²) in [4.78, 5) is 28.3. The average Bonchev–Trinajstić information content (AvgIpc) is 2.80. The van der Waals surface area contributed by atoms with Crippen molar-refractivity contribution in [3.8, 4) is 0 Å². The van der Waals surface area contributed by atoms with Gasteiger partial charge in [-0.2, -0.15) is 0 Å². The summed E-state index contributed by atoms with van der Waals surface area (Å²) in [5, 5.41) is 0.647. The van der Waals surface area contributed by atoms with E-state index in [-0.39, 0.29) is 23.5 Å². The van der Waals surface area contributed by atoms with Crippen LogP contribution < -0.4 is 0 Å². The zero-order chi connectivity index (χ0) is 17.3. The fraction of sp³-hybridized carbons (Fsp3) is 0.444. The number of carbonyl (C=O) groups is 2. The number of carbonyl (C=O) groups excluding carboxylic acids is 2. The van der Waals surface area contributed by atoms with Gasteiger partial charge in [0, 0.05) is 18.1 Å². The number of hydrogen-bond acceptors (Lipinski definition) is 3. The number of imide groups is 1. The molecule has 6 heteroatoms. The molecule has 0 N–H and O–H groups in total. The Kier molecular flexibility index (Phi) is 5.16. The smallest absolute Gasteiger partial charge is 0.279 e. The molecule has 0 atom stereocenters. The summed E-state index contributed by atoms with van der Waals surface area (Å²) < 4.78 is 0. The van der Waals surface area contributed by atoms with Gasteiger partial charge in [-0.1, -0.05) is 54.6 Å². The van der Waals surface area contributed by atoms with Crippen molar-refractivity contribution >= 4 is 35.0 Å². The van der Waals surface area contributed by atoms with E-state index >= 15 is 0 Å². The third-order valence-corrected chi connectivity index (χ3v) is 5.41. The van der Waals surface area contributed by atoms with Crippen LogP contribution in [0.3, 0.4) is 0 Å². The minimum Gasteiger partial charge on any atom is -0.366 e. The van der Waals surface area contributed by atoms with Crippen molar-refractivity contribution in [1.82, 2.24) is 9.80 Å². The van der Waals surface area contributed by atoms with E-state index in [2.05, 4.69) is 0 Å². The van der Waals surface area contributed by atoms with Crippen LogP contribution in [0.25, 0.3) is 0 Å². The Morgan fingerprint density at radius 3 is 2.29 bits per heavy atom. The van der Waals surface area contributed by atoms with Gasteiger partial charge in [-0.15, -0.1) is 0 Å². The first-order valence-corrected chi connectivity index (χ1v) is 8.98. The summed E-state index contributed by atoms with van der Waals surface area (Å²) in [5.74, 6) is -0.734. The highest BCUT2D eigenvalue weighted by Crippen LogP contribution is 2.32. The van der Waals surface area contributed by atoms with Crippen LogP contribution >= 0.6 is 23.2 Å². The van der Waals surface area contributed by atoms with Gasteiger partial charge in [0.2, 0.25) is 0 Å². The maximum atomic E-state index is 12.8. The van der Waals surface area contributed by atoms with Crippen LogP contribution in [0, 0.1) is 0 Å². The maximum absolute atomic E-state index is 12.8. The zero-order valence-corrected chi connectivity index (χ0v) is 15.1. The third-order valence-electron chi connectivity index (χ3n) is 4.82.